The number of esters is 2. The van der Waals surface area contributed by atoms with Crippen LogP contribution in [0.5, 0.6) is 0 Å². The molecule has 0 aliphatic rings. The number of carbonyl (C=O) groups is 2. The number of rotatable bonds is 48. The Labute approximate surface area is 370 Å². The van der Waals surface area contributed by atoms with Crippen LogP contribution in [0, 0.1) is 11.8 Å². The van der Waals surface area contributed by atoms with Crippen molar-refractivity contribution < 1.29 is 19.1 Å². The third kappa shape index (κ3) is 43.3. The van der Waals surface area contributed by atoms with Crippen molar-refractivity contribution in [2.24, 2.45) is 11.8 Å². The first-order valence-electron chi connectivity index (χ1n) is 26.5. The van der Waals surface area contributed by atoms with Gasteiger partial charge in [-0.15, -0.1) is 0 Å². The van der Waals surface area contributed by atoms with Gasteiger partial charge in [0.05, 0.1) is 13.2 Å². The van der Waals surface area contributed by atoms with E-state index in [0.29, 0.717) is 37.9 Å². The second-order valence-corrected chi connectivity index (χ2v) is 18.9. The van der Waals surface area contributed by atoms with Crippen molar-refractivity contribution in [3.63, 3.8) is 0 Å². The van der Waals surface area contributed by atoms with E-state index in [4.69, 9.17) is 9.47 Å². The quantitative estimate of drug-likeness (QED) is 0.0449. The number of hydrogen-bond acceptors (Lipinski definition) is 6. The van der Waals surface area contributed by atoms with Gasteiger partial charge in [0.15, 0.2) is 0 Å². The Morgan fingerprint density at radius 2 is 0.644 bits per heavy atom. The molecule has 0 fully saturated rings. The van der Waals surface area contributed by atoms with Crippen LogP contribution in [0.15, 0.2) is 0 Å². The molecule has 2 unspecified atom stereocenters. The van der Waals surface area contributed by atoms with Gasteiger partial charge in [-0.1, -0.05) is 201 Å². The molecule has 0 aromatic rings. The first-order chi connectivity index (χ1) is 28.9. The van der Waals surface area contributed by atoms with E-state index >= 15 is 0 Å². The number of likely N-dealkylation sites (N-methyl/N-ethyl adjacent to an activating group) is 1. The van der Waals surface area contributed by atoms with Crippen LogP contribution < -0.4 is 0 Å². The van der Waals surface area contributed by atoms with Crippen molar-refractivity contribution in [3.8, 4) is 0 Å². The molecule has 0 radical (unpaired) electrons. The van der Waals surface area contributed by atoms with E-state index < -0.39 is 0 Å². The van der Waals surface area contributed by atoms with Crippen molar-refractivity contribution in [3.05, 3.63) is 0 Å². The average Bonchev–Trinajstić information content (AvgIpc) is 3.23. The fourth-order valence-electron chi connectivity index (χ4n) is 8.46. The molecule has 6 nitrogen and oxygen atoms in total. The monoisotopic (exact) mass is 835 g/mol. The van der Waals surface area contributed by atoms with Crippen LogP contribution in [-0.2, 0) is 19.1 Å². The van der Waals surface area contributed by atoms with Crippen LogP contribution in [-0.4, -0.2) is 75.2 Å². The van der Waals surface area contributed by atoms with Crippen LogP contribution in [0.4, 0.5) is 0 Å². The van der Waals surface area contributed by atoms with Crippen molar-refractivity contribution in [2.45, 2.75) is 265 Å². The Hall–Kier alpha value is -1.14. The van der Waals surface area contributed by atoms with E-state index in [1.165, 1.54) is 212 Å². The third-order valence-corrected chi connectivity index (χ3v) is 12.6. The number of nitrogens with zero attached hydrogens (tertiary/aromatic N) is 2. The van der Waals surface area contributed by atoms with Crippen molar-refractivity contribution in [1.29, 1.82) is 0 Å². The Morgan fingerprint density at radius 3 is 0.983 bits per heavy atom. The maximum atomic E-state index is 12.6. The Bertz CT molecular complexity index is 866. The summed E-state index contributed by atoms with van der Waals surface area (Å²) >= 11 is 0. The molecule has 0 heterocycles. The summed E-state index contributed by atoms with van der Waals surface area (Å²) in [5, 5.41) is 0. The maximum Gasteiger partial charge on any atom is 0.305 e. The summed E-state index contributed by atoms with van der Waals surface area (Å²) in [6.45, 7) is 14.9. The molecule has 352 valence electrons. The third-order valence-electron chi connectivity index (χ3n) is 12.6. The zero-order valence-corrected chi connectivity index (χ0v) is 41.1. The summed E-state index contributed by atoms with van der Waals surface area (Å²) in [6.07, 6.45) is 45.3. The summed E-state index contributed by atoms with van der Waals surface area (Å²) in [7, 11) is 4.34. The first-order valence-corrected chi connectivity index (χ1v) is 26.5. The zero-order valence-electron chi connectivity index (χ0n) is 41.1. The largest absolute Gasteiger partial charge is 0.465 e. The van der Waals surface area contributed by atoms with Gasteiger partial charge in [0.1, 0.15) is 0 Å². The topological polar surface area (TPSA) is 59.1 Å². The SMILES string of the molecule is CCCCCCCCCC(CCCCCC)COC(=O)CCCCCCCN(CCCCCCCC(=O)OCC(CCCCCC)CCCCCCCC)CCN(C)C. The van der Waals surface area contributed by atoms with Gasteiger partial charge >= 0.3 is 11.9 Å². The minimum Gasteiger partial charge on any atom is -0.465 e. The second-order valence-electron chi connectivity index (χ2n) is 18.9. The van der Waals surface area contributed by atoms with Gasteiger partial charge in [0.25, 0.3) is 0 Å². The molecule has 59 heavy (non-hydrogen) atoms. The molecule has 0 aromatic carbocycles. The van der Waals surface area contributed by atoms with E-state index in [1.54, 1.807) is 0 Å². The molecule has 0 saturated carbocycles. The zero-order chi connectivity index (χ0) is 43.3. The lowest BCUT2D eigenvalue weighted by Gasteiger charge is -2.24. The fraction of sp³-hybridized carbons (Fsp3) is 0.962. The molecule has 2 atom stereocenters. The minimum atomic E-state index is 0.0206. The minimum absolute atomic E-state index is 0.0206. The molecule has 0 spiro atoms. The summed E-state index contributed by atoms with van der Waals surface area (Å²) < 4.78 is 11.7. The molecule has 0 rings (SSSR count). The first kappa shape index (κ1) is 57.9. The van der Waals surface area contributed by atoms with Gasteiger partial charge < -0.3 is 19.3 Å². The Kier molecular flexibility index (Phi) is 45.5. The van der Waals surface area contributed by atoms with E-state index in [0.717, 1.165) is 38.8 Å². The lowest BCUT2D eigenvalue weighted by molar-refractivity contribution is -0.146. The number of carbonyl (C=O) groups excluding carboxylic acids is 2. The van der Waals surface area contributed by atoms with Crippen LogP contribution in [0.25, 0.3) is 0 Å². The fourth-order valence-corrected chi connectivity index (χ4v) is 8.46. The molecule has 0 aliphatic heterocycles. The van der Waals surface area contributed by atoms with Crippen LogP contribution in [0.1, 0.15) is 265 Å². The molecule has 0 aliphatic carbocycles. The van der Waals surface area contributed by atoms with Crippen molar-refractivity contribution in [2.75, 3.05) is 53.5 Å². The molecule has 0 amide bonds. The van der Waals surface area contributed by atoms with Crippen molar-refractivity contribution in [1.82, 2.24) is 9.80 Å². The number of unbranched alkanes of at least 4 members (excludes halogenated alkanes) is 25. The highest BCUT2D eigenvalue weighted by Crippen LogP contribution is 2.22. The van der Waals surface area contributed by atoms with E-state index in [-0.39, 0.29) is 11.9 Å². The highest BCUT2D eigenvalue weighted by molar-refractivity contribution is 5.69. The van der Waals surface area contributed by atoms with Crippen LogP contribution in [0.3, 0.4) is 0 Å². The van der Waals surface area contributed by atoms with Gasteiger partial charge in [-0.3, -0.25) is 9.59 Å². The summed E-state index contributed by atoms with van der Waals surface area (Å²) in [4.78, 5) is 30.2. The lowest BCUT2D eigenvalue weighted by atomic mass is 9.95. The van der Waals surface area contributed by atoms with Gasteiger partial charge in [-0.25, -0.2) is 0 Å². The smallest absolute Gasteiger partial charge is 0.305 e. The summed E-state index contributed by atoms with van der Waals surface area (Å²) in [6, 6.07) is 0. The standard InChI is InChI=1S/C53H106N2O4/c1-7-11-15-19-21-25-33-41-51(39-31-18-14-10-4)49-59-53(57)43-35-27-23-29-37-45-55(47-46-54(5)6)44-36-28-22-26-34-42-52(56)58-48-50(38-30-17-13-9-3)40-32-24-20-16-12-8-2/h50-51H,7-49H2,1-6H3. The van der Waals surface area contributed by atoms with E-state index in [1.807, 2.05) is 0 Å². The average molecular weight is 835 g/mol. The number of hydrogen-bond donors (Lipinski definition) is 0. The highest BCUT2D eigenvalue weighted by atomic mass is 16.5. The summed E-state index contributed by atoms with van der Waals surface area (Å²) in [5.74, 6) is 1.14. The van der Waals surface area contributed by atoms with Gasteiger partial charge in [-0.2, -0.15) is 0 Å². The predicted octanol–water partition coefficient (Wildman–Crippen LogP) is 15.7. The molecule has 0 bridgehead atoms. The highest BCUT2D eigenvalue weighted by Gasteiger charge is 2.14. The van der Waals surface area contributed by atoms with Crippen LogP contribution in [0.2, 0.25) is 0 Å². The molecule has 6 heteroatoms. The normalized spacial score (nSPS) is 12.7. The Morgan fingerprint density at radius 1 is 0.356 bits per heavy atom. The maximum absolute atomic E-state index is 12.6. The van der Waals surface area contributed by atoms with Gasteiger partial charge in [0, 0.05) is 25.9 Å². The van der Waals surface area contributed by atoms with Crippen LogP contribution >= 0.6 is 0 Å². The molecule has 0 aromatic heterocycles. The summed E-state index contributed by atoms with van der Waals surface area (Å²) in [5.41, 5.74) is 0. The van der Waals surface area contributed by atoms with E-state index in [2.05, 4.69) is 51.6 Å². The van der Waals surface area contributed by atoms with Gasteiger partial charge in [0.2, 0.25) is 0 Å². The Balaban J connectivity index is 4.24. The molecular formula is C53H106N2O4. The lowest BCUT2D eigenvalue weighted by Crippen LogP contribution is -2.33. The number of ether oxygens (including phenoxy) is 2. The molecular weight excluding hydrogens is 729 g/mol. The van der Waals surface area contributed by atoms with Crippen molar-refractivity contribution >= 4 is 11.9 Å². The molecule has 0 N–H and O–H groups in total. The predicted molar refractivity (Wildman–Crippen MR) is 257 cm³/mol. The van der Waals surface area contributed by atoms with Gasteiger partial charge in [-0.05, 0) is 90.4 Å². The van der Waals surface area contributed by atoms with E-state index in [9.17, 15) is 9.59 Å². The second kappa shape index (κ2) is 46.4. The molecule has 0 saturated heterocycles.